The van der Waals surface area contributed by atoms with Crippen LogP contribution in [0.25, 0.3) is 33.3 Å². The summed E-state index contributed by atoms with van der Waals surface area (Å²) < 4.78 is 0. The van der Waals surface area contributed by atoms with Crippen LogP contribution in [0.2, 0.25) is 0 Å². The summed E-state index contributed by atoms with van der Waals surface area (Å²) in [5.74, 6) is -0.352. The van der Waals surface area contributed by atoms with Gasteiger partial charge in [-0.2, -0.15) is 0 Å². The van der Waals surface area contributed by atoms with Gasteiger partial charge in [-0.3, -0.25) is 14.5 Å². The number of benzene rings is 2. The van der Waals surface area contributed by atoms with Crippen molar-refractivity contribution >= 4 is 28.5 Å². The molecule has 0 fully saturated rings. The Morgan fingerprint density at radius 1 is 0.975 bits per heavy atom. The molecule has 0 aliphatic heterocycles. The monoisotopic (exact) mass is 765 g/mol. The fourth-order valence-electron chi connectivity index (χ4n) is 4.08. The number of fused-ring (bicyclic) bond motifs is 1. The molecule has 2 aromatic heterocycles. The quantitative estimate of drug-likeness (QED) is 0.238. The van der Waals surface area contributed by atoms with Crippen LogP contribution in [0.3, 0.4) is 0 Å². The Bertz CT molecular complexity index is 1400. The molecule has 2 aromatic carbocycles. The van der Waals surface area contributed by atoms with Gasteiger partial charge in [-0.05, 0) is 50.4 Å². The van der Waals surface area contributed by atoms with E-state index in [4.69, 9.17) is 0 Å². The van der Waals surface area contributed by atoms with E-state index < -0.39 is 0 Å². The molecule has 40 heavy (non-hydrogen) atoms. The fourth-order valence-corrected chi connectivity index (χ4v) is 4.08. The van der Waals surface area contributed by atoms with E-state index in [1.165, 1.54) is 4.90 Å². The van der Waals surface area contributed by atoms with Crippen molar-refractivity contribution in [1.82, 2.24) is 24.7 Å². The molecule has 0 spiro atoms. The molecule has 0 bridgehead atoms. The van der Waals surface area contributed by atoms with Gasteiger partial charge in [-0.25, -0.2) is 4.98 Å². The van der Waals surface area contributed by atoms with Crippen molar-refractivity contribution in [2.24, 2.45) is 0 Å². The molecule has 2 amide bonds. The van der Waals surface area contributed by atoms with Crippen LogP contribution in [0.5, 0.6) is 0 Å². The fraction of sp³-hybridized carbons (Fsp3) is 0.323. The maximum Gasteiger partial charge on any atom is 0.255 e. The predicted molar refractivity (Wildman–Crippen MR) is 160 cm³/mol. The van der Waals surface area contributed by atoms with E-state index in [0.29, 0.717) is 11.3 Å². The van der Waals surface area contributed by atoms with E-state index in [9.17, 15) is 9.59 Å². The third kappa shape index (κ3) is 8.52. The first-order valence-electron chi connectivity index (χ1n) is 13.2. The molecule has 0 aliphatic rings. The number of nitrogens with one attached hydrogen (secondary N) is 2. The number of aromatic amines is 1. The van der Waals surface area contributed by atoms with Crippen LogP contribution in [0.15, 0.2) is 60.9 Å². The molecule has 4 aromatic rings. The van der Waals surface area contributed by atoms with Gasteiger partial charge in [0, 0.05) is 70.1 Å². The Morgan fingerprint density at radius 2 is 1.73 bits per heavy atom. The molecule has 9 heteroatoms. The molecule has 4 rings (SSSR count). The summed E-state index contributed by atoms with van der Waals surface area (Å²) in [7, 11) is 9.30. The van der Waals surface area contributed by atoms with Gasteiger partial charge in [-0.15, -0.1) is 35.9 Å². The minimum atomic E-state index is -0.187. The average Bonchev–Trinajstić information content (AvgIpc) is 3.36. The number of carbonyl (C=O) groups excluding carboxylic acids is 2. The molecule has 0 radical (unpaired) electrons. The van der Waals surface area contributed by atoms with Crippen molar-refractivity contribution in [2.45, 2.75) is 13.8 Å². The van der Waals surface area contributed by atoms with Crippen LogP contribution in [0, 0.1) is 37.2 Å². The summed E-state index contributed by atoms with van der Waals surface area (Å²) >= 11 is 0. The molecule has 0 atom stereocenters. The van der Waals surface area contributed by atoms with Gasteiger partial charge in [0.2, 0.25) is 5.91 Å². The van der Waals surface area contributed by atoms with Gasteiger partial charge in [0.1, 0.15) is 5.65 Å². The first-order chi connectivity index (χ1) is 18.7. The van der Waals surface area contributed by atoms with E-state index in [2.05, 4.69) is 32.3 Å². The van der Waals surface area contributed by atoms with Crippen LogP contribution in [0.4, 0.5) is 5.69 Å². The third-order valence-corrected chi connectivity index (χ3v) is 6.14. The Kier molecular flexibility index (Phi) is 13.1. The Labute approximate surface area is 261 Å². The van der Waals surface area contributed by atoms with E-state index in [1.54, 1.807) is 26.4 Å². The summed E-state index contributed by atoms with van der Waals surface area (Å²) in [6, 6.07) is 18.7. The largest absolute Gasteiger partial charge is 0.355 e. The topological polar surface area (TPSA) is 84.6 Å². The second-order valence-electron chi connectivity index (χ2n) is 9.65. The van der Waals surface area contributed by atoms with Crippen LogP contribution in [0.1, 0.15) is 24.2 Å². The maximum atomic E-state index is 13.1. The molecule has 0 aliphatic carbocycles. The summed E-state index contributed by atoms with van der Waals surface area (Å²) in [6.07, 6.45) is 3.72. The molecule has 2 N–H and O–H groups in total. The van der Waals surface area contributed by atoms with Crippen molar-refractivity contribution < 1.29 is 40.7 Å². The minimum absolute atomic E-state index is 0. The van der Waals surface area contributed by atoms with Crippen molar-refractivity contribution in [3.8, 4) is 22.3 Å². The molecule has 0 unspecified atom stereocenters. The smallest absolute Gasteiger partial charge is 0.255 e. The molecule has 210 valence electrons. The number of H-pyrrole nitrogens is 1. The molecule has 0 saturated heterocycles. The standard InChI is InChI=1S/C29H33N6O2.C2H6.U/c1-33(2)13-14-35(5)19-27(36)32-26-12-11-21(15-24(26)29(37)34(3)4)22-16-23-25(18-31-28(23)30-17-22)20-9-7-6-8-10-20;1-2;/h6-9,11-12,15-18H,13-14,19H2,1-5H3,(H,30,31)(H,32,36);1-2H3;/q-1;;. The first kappa shape index (κ1) is 33.2. The number of amides is 2. The Morgan fingerprint density at radius 3 is 2.38 bits per heavy atom. The van der Waals surface area contributed by atoms with Crippen molar-refractivity contribution in [2.75, 3.05) is 60.2 Å². The van der Waals surface area contributed by atoms with Crippen molar-refractivity contribution in [3.63, 3.8) is 0 Å². The zero-order chi connectivity index (χ0) is 28.5. The van der Waals surface area contributed by atoms with Crippen LogP contribution in [-0.2, 0) is 4.79 Å². The number of hydrogen-bond acceptors (Lipinski definition) is 5. The number of hydrogen-bond donors (Lipinski definition) is 2. The second kappa shape index (κ2) is 15.7. The summed E-state index contributed by atoms with van der Waals surface area (Å²) in [6.45, 7) is 5.85. The van der Waals surface area contributed by atoms with Crippen LogP contribution in [-0.4, -0.2) is 91.4 Å². The SMILES string of the molecule is CC.CN(C)CCN(C)CC(=O)Nc1ccc(-c2cnc3[nH]cc(-c4[c-]cccc4)c3c2)cc1C(=O)N(C)C.[U]. The normalized spacial score (nSPS) is 10.6. The summed E-state index contributed by atoms with van der Waals surface area (Å²) in [5, 5.41) is 3.90. The number of rotatable bonds is 9. The molecule has 8 nitrogen and oxygen atoms in total. The Hall–Kier alpha value is -2.96. The molecule has 2 heterocycles. The van der Waals surface area contributed by atoms with Gasteiger partial charge < -0.3 is 20.1 Å². The van der Waals surface area contributed by atoms with Gasteiger partial charge in [0.25, 0.3) is 5.91 Å². The summed E-state index contributed by atoms with van der Waals surface area (Å²) in [4.78, 5) is 39.2. The van der Waals surface area contributed by atoms with Crippen LogP contribution < -0.4 is 5.32 Å². The van der Waals surface area contributed by atoms with Crippen molar-refractivity contribution in [1.29, 1.82) is 0 Å². The molecular weight excluding hydrogens is 726 g/mol. The van der Waals surface area contributed by atoms with Gasteiger partial charge in [0.05, 0.1) is 17.8 Å². The number of aromatic nitrogens is 2. The third-order valence-electron chi connectivity index (χ3n) is 6.14. The van der Waals surface area contributed by atoms with Gasteiger partial charge >= 0.3 is 0 Å². The average molecular weight is 766 g/mol. The first-order valence-corrected chi connectivity index (χ1v) is 13.2. The van der Waals surface area contributed by atoms with E-state index in [1.807, 2.05) is 82.5 Å². The zero-order valence-electron chi connectivity index (χ0n) is 24.5. The second-order valence-corrected chi connectivity index (χ2v) is 9.65. The van der Waals surface area contributed by atoms with Gasteiger partial charge in [0.15, 0.2) is 0 Å². The van der Waals surface area contributed by atoms with Crippen LogP contribution >= 0.6 is 0 Å². The maximum absolute atomic E-state index is 13.1. The number of carbonyl (C=O) groups is 2. The predicted octanol–water partition coefficient (Wildman–Crippen LogP) is 4.86. The summed E-state index contributed by atoms with van der Waals surface area (Å²) in [5.41, 5.74) is 5.40. The number of anilines is 1. The van der Waals surface area contributed by atoms with E-state index >= 15 is 0 Å². The Balaban J connectivity index is 0.00000183. The minimum Gasteiger partial charge on any atom is -0.355 e. The number of pyridine rings is 1. The molecular formula is C31H39N6O2U-. The number of likely N-dealkylation sites (N-methyl/N-ethyl adjacent to an activating group) is 2. The number of nitrogens with zero attached hydrogens (tertiary/aromatic N) is 4. The van der Waals surface area contributed by atoms with E-state index in [-0.39, 0.29) is 49.5 Å². The van der Waals surface area contributed by atoms with Gasteiger partial charge in [-0.1, -0.05) is 31.5 Å². The van der Waals surface area contributed by atoms with Crippen molar-refractivity contribution in [3.05, 3.63) is 72.6 Å². The zero-order valence-corrected chi connectivity index (χ0v) is 28.7. The molecule has 0 saturated carbocycles. The van der Waals surface area contributed by atoms with E-state index in [0.717, 1.165) is 46.4 Å².